The highest BCUT2D eigenvalue weighted by Gasteiger charge is 2.57. The first kappa shape index (κ1) is 17.6. The van der Waals surface area contributed by atoms with E-state index in [0.717, 1.165) is 24.8 Å². The number of hydrogen-bond donors (Lipinski definition) is 1. The summed E-state index contributed by atoms with van der Waals surface area (Å²) in [4.78, 5) is 12.0. The molecule has 1 N–H and O–H groups in total. The average Bonchev–Trinajstić information content (AvgIpc) is 2.97. The Bertz CT molecular complexity index is 722. The molecule has 1 aromatic rings. The Morgan fingerprint density at radius 2 is 1.88 bits per heavy atom. The zero-order valence-electron chi connectivity index (χ0n) is 14.4. The Kier molecular flexibility index (Phi) is 3.96. The van der Waals surface area contributed by atoms with Crippen molar-refractivity contribution in [1.82, 2.24) is 9.78 Å². The Hall–Kier alpha value is -1.80. The molecule has 3 fully saturated rings. The maximum absolute atomic E-state index is 13.3. The summed E-state index contributed by atoms with van der Waals surface area (Å²) in [5.41, 5.74) is 1.42. The molecule has 0 spiro atoms. The van der Waals surface area contributed by atoms with E-state index in [1.54, 1.807) is 7.05 Å². The number of aromatic nitrogens is 2. The number of carbonyl (C=O) groups excluding carboxylic acids is 1. The van der Waals surface area contributed by atoms with Crippen molar-refractivity contribution in [3.05, 3.63) is 11.3 Å². The number of anilines is 1. The molecule has 1 aromatic heterocycles. The van der Waals surface area contributed by atoms with Crippen molar-refractivity contribution in [3.8, 4) is 0 Å². The van der Waals surface area contributed by atoms with Gasteiger partial charge in [-0.2, -0.15) is 5.10 Å². The Labute approximate surface area is 148 Å². The lowest BCUT2D eigenvalue weighted by Crippen LogP contribution is -2.34. The molecule has 1 heterocycles. The molecule has 3 aliphatic rings. The van der Waals surface area contributed by atoms with Gasteiger partial charge in [0, 0.05) is 37.8 Å². The summed E-state index contributed by atoms with van der Waals surface area (Å²) in [5, 5.41) is 6.97. The molecule has 5 nitrogen and oxygen atoms in total. The summed E-state index contributed by atoms with van der Waals surface area (Å²) in [6, 6.07) is 0. The second-order valence-electron chi connectivity index (χ2n) is 7.75. The second-order valence-corrected chi connectivity index (χ2v) is 7.75. The highest BCUT2D eigenvalue weighted by atomic mass is 19.3. The lowest BCUT2D eigenvalue weighted by molar-refractivity contribution is -0.0879. The number of halogens is 4. The van der Waals surface area contributed by atoms with Crippen LogP contribution in [0.1, 0.15) is 61.6 Å². The number of alkyl halides is 4. The molecule has 0 aromatic carbocycles. The summed E-state index contributed by atoms with van der Waals surface area (Å²) in [5.74, 6) is -6.03. The maximum Gasteiger partial charge on any atom is 0.412 e. The molecule has 3 saturated carbocycles. The third-order valence-corrected chi connectivity index (χ3v) is 5.69. The van der Waals surface area contributed by atoms with Gasteiger partial charge >= 0.3 is 6.09 Å². The molecule has 1 atom stereocenters. The van der Waals surface area contributed by atoms with Gasteiger partial charge in [0.1, 0.15) is 12.4 Å². The molecule has 1 amide bonds. The van der Waals surface area contributed by atoms with Crippen molar-refractivity contribution >= 4 is 11.9 Å². The fraction of sp³-hybridized carbons (Fsp3) is 0.765. The van der Waals surface area contributed by atoms with Crippen LogP contribution in [0, 0.1) is 5.92 Å². The molecule has 4 rings (SSSR count). The van der Waals surface area contributed by atoms with E-state index in [2.05, 4.69) is 10.4 Å². The first-order chi connectivity index (χ1) is 12.2. The average molecular weight is 375 g/mol. The van der Waals surface area contributed by atoms with Crippen molar-refractivity contribution < 1.29 is 27.1 Å². The van der Waals surface area contributed by atoms with Gasteiger partial charge in [-0.25, -0.2) is 22.4 Å². The third-order valence-electron chi connectivity index (χ3n) is 5.69. The highest BCUT2D eigenvalue weighted by molar-refractivity contribution is 5.85. The predicted octanol–water partition coefficient (Wildman–Crippen LogP) is 4.40. The zero-order chi connectivity index (χ0) is 18.7. The van der Waals surface area contributed by atoms with E-state index in [-0.39, 0.29) is 37.7 Å². The van der Waals surface area contributed by atoms with Crippen molar-refractivity contribution in [2.24, 2.45) is 13.0 Å². The van der Waals surface area contributed by atoms with Crippen LogP contribution in [0.15, 0.2) is 0 Å². The van der Waals surface area contributed by atoms with Gasteiger partial charge in [-0.3, -0.25) is 10.00 Å². The van der Waals surface area contributed by atoms with E-state index >= 15 is 0 Å². The van der Waals surface area contributed by atoms with Crippen LogP contribution < -0.4 is 5.32 Å². The zero-order valence-corrected chi connectivity index (χ0v) is 14.4. The quantitative estimate of drug-likeness (QED) is 0.776. The molecule has 0 bridgehead atoms. The number of ether oxygens (including phenoxy) is 1. The summed E-state index contributed by atoms with van der Waals surface area (Å²) >= 11 is 0. The molecule has 0 radical (unpaired) electrons. The van der Waals surface area contributed by atoms with Crippen molar-refractivity contribution in [1.29, 1.82) is 0 Å². The smallest absolute Gasteiger partial charge is 0.412 e. The molecule has 144 valence electrons. The minimum absolute atomic E-state index is 0.177. The van der Waals surface area contributed by atoms with Gasteiger partial charge in [-0.05, 0) is 18.8 Å². The van der Waals surface area contributed by atoms with E-state index < -0.39 is 23.9 Å². The molecule has 0 unspecified atom stereocenters. The van der Waals surface area contributed by atoms with Crippen LogP contribution in [-0.4, -0.2) is 34.3 Å². The standard InChI is InChI=1S/C17H21F4N3O2/c1-24-14(22-15(25)26-8-11-7-17(11,20)21)12(9-3-2-4-9)13(23-24)10-5-16(18,19)6-10/h9-11H,2-8H2,1H3,(H,22,25)/t11-/m0/s1. The molecular weight excluding hydrogens is 354 g/mol. The number of rotatable bonds is 5. The Morgan fingerprint density at radius 1 is 1.23 bits per heavy atom. The van der Waals surface area contributed by atoms with E-state index in [4.69, 9.17) is 4.74 Å². The maximum atomic E-state index is 13.3. The number of amides is 1. The number of carbonyl (C=O) groups is 1. The van der Waals surface area contributed by atoms with Crippen molar-refractivity contribution in [3.63, 3.8) is 0 Å². The van der Waals surface area contributed by atoms with Crippen LogP contribution in [0.4, 0.5) is 28.2 Å². The summed E-state index contributed by atoms with van der Waals surface area (Å²) in [6.07, 6.45) is 1.33. The van der Waals surface area contributed by atoms with Crippen LogP contribution in [-0.2, 0) is 11.8 Å². The van der Waals surface area contributed by atoms with E-state index in [1.807, 2.05) is 0 Å². The van der Waals surface area contributed by atoms with Crippen LogP contribution in [0.25, 0.3) is 0 Å². The summed E-state index contributed by atoms with van der Waals surface area (Å²) < 4.78 is 58.7. The molecular formula is C17H21F4N3O2. The lowest BCUT2D eigenvalue weighted by atomic mass is 9.73. The number of nitrogens with one attached hydrogen (secondary N) is 1. The van der Waals surface area contributed by atoms with Gasteiger partial charge in [0.25, 0.3) is 5.92 Å². The lowest BCUT2D eigenvalue weighted by Gasteiger charge is -2.36. The minimum Gasteiger partial charge on any atom is -0.449 e. The van der Waals surface area contributed by atoms with Gasteiger partial charge < -0.3 is 4.74 Å². The third kappa shape index (κ3) is 3.16. The number of aryl methyl sites for hydroxylation is 1. The monoisotopic (exact) mass is 375 g/mol. The van der Waals surface area contributed by atoms with Crippen LogP contribution in [0.5, 0.6) is 0 Å². The SMILES string of the molecule is Cn1nc(C2CC(F)(F)C2)c(C2CCC2)c1NC(=O)OC[C@@H]1CC1(F)F. The molecule has 0 saturated heterocycles. The molecule has 9 heteroatoms. The Balaban J connectivity index is 1.48. The van der Waals surface area contributed by atoms with Gasteiger partial charge in [-0.15, -0.1) is 0 Å². The highest BCUT2D eigenvalue weighted by Crippen LogP contribution is 2.52. The van der Waals surface area contributed by atoms with E-state index in [1.165, 1.54) is 4.68 Å². The van der Waals surface area contributed by atoms with Gasteiger partial charge in [0.2, 0.25) is 5.92 Å². The summed E-state index contributed by atoms with van der Waals surface area (Å²) in [6.45, 7) is -0.336. The first-order valence-electron chi connectivity index (χ1n) is 8.92. The largest absolute Gasteiger partial charge is 0.449 e. The minimum atomic E-state index is -2.74. The van der Waals surface area contributed by atoms with E-state index in [0.29, 0.717) is 11.5 Å². The van der Waals surface area contributed by atoms with E-state index in [9.17, 15) is 22.4 Å². The Morgan fingerprint density at radius 3 is 2.38 bits per heavy atom. The van der Waals surface area contributed by atoms with Crippen LogP contribution in [0.2, 0.25) is 0 Å². The molecule has 26 heavy (non-hydrogen) atoms. The second kappa shape index (κ2) is 5.85. The van der Waals surface area contributed by atoms with Gasteiger partial charge in [0.15, 0.2) is 0 Å². The molecule has 3 aliphatic carbocycles. The normalized spacial score (nSPS) is 26.7. The van der Waals surface area contributed by atoms with Crippen LogP contribution >= 0.6 is 0 Å². The topological polar surface area (TPSA) is 56.2 Å². The number of nitrogens with zero attached hydrogens (tertiary/aromatic N) is 2. The van der Waals surface area contributed by atoms with Crippen molar-refractivity contribution in [2.45, 2.75) is 62.2 Å². The van der Waals surface area contributed by atoms with Gasteiger partial charge in [-0.1, -0.05) is 6.42 Å². The molecule has 0 aliphatic heterocycles. The fourth-order valence-electron chi connectivity index (χ4n) is 3.72. The fourth-order valence-corrected chi connectivity index (χ4v) is 3.72. The summed E-state index contributed by atoms with van der Waals surface area (Å²) in [7, 11) is 1.63. The van der Waals surface area contributed by atoms with Gasteiger partial charge in [0.05, 0.1) is 11.6 Å². The number of hydrogen-bond acceptors (Lipinski definition) is 3. The first-order valence-corrected chi connectivity index (χ1v) is 8.92. The predicted molar refractivity (Wildman–Crippen MR) is 84.7 cm³/mol. The van der Waals surface area contributed by atoms with Crippen molar-refractivity contribution in [2.75, 3.05) is 11.9 Å². The van der Waals surface area contributed by atoms with Crippen LogP contribution in [0.3, 0.4) is 0 Å².